The van der Waals surface area contributed by atoms with Crippen LogP contribution in [-0.2, 0) is 19.0 Å². The molecule has 0 bridgehead atoms. The summed E-state index contributed by atoms with van der Waals surface area (Å²) in [5.74, 6) is 0.723. The summed E-state index contributed by atoms with van der Waals surface area (Å²) in [4.78, 5) is 8.42. The summed E-state index contributed by atoms with van der Waals surface area (Å²) in [5, 5.41) is 33.4. The molecule has 2 heterocycles. The average Bonchev–Trinajstić information content (AvgIpc) is 2.68. The lowest BCUT2D eigenvalue weighted by atomic mass is 9.59. The first-order valence-electron chi connectivity index (χ1n) is 9.48. The van der Waals surface area contributed by atoms with Crippen molar-refractivity contribution in [1.29, 1.82) is 5.26 Å². The molecule has 0 saturated heterocycles. The van der Waals surface area contributed by atoms with E-state index in [2.05, 4.69) is 15.3 Å². The lowest BCUT2D eigenvalue weighted by Crippen LogP contribution is -2.54. The molecular weight excluding hydrogens is 399 g/mol. The van der Waals surface area contributed by atoms with Crippen molar-refractivity contribution in [3.8, 4) is 6.07 Å². The van der Waals surface area contributed by atoms with Gasteiger partial charge in [0, 0.05) is 30.7 Å². The van der Waals surface area contributed by atoms with Crippen LogP contribution in [-0.4, -0.2) is 27.7 Å². The summed E-state index contributed by atoms with van der Waals surface area (Å²) in [5.41, 5.74) is -0.976. The Hall–Kier alpha value is -2.93. The van der Waals surface area contributed by atoms with E-state index in [9.17, 15) is 28.7 Å². The largest absolute Gasteiger partial charge is 0.619 e. The lowest BCUT2D eigenvalue weighted by Gasteiger charge is -2.52. The first-order valence-corrected chi connectivity index (χ1v) is 9.48. The number of aliphatic hydroxyl groups is 1. The van der Waals surface area contributed by atoms with Crippen LogP contribution >= 0.6 is 0 Å². The minimum Gasteiger partial charge on any atom is -0.619 e. The minimum atomic E-state index is -4.57. The highest BCUT2D eigenvalue weighted by atomic mass is 19.4. The fourth-order valence-corrected chi connectivity index (χ4v) is 3.71. The number of aromatic nitrogens is 3. The Labute approximate surface area is 171 Å². The van der Waals surface area contributed by atoms with E-state index in [1.807, 2.05) is 19.9 Å². The zero-order valence-corrected chi connectivity index (χ0v) is 16.6. The molecule has 0 amide bonds. The molecule has 2 atom stereocenters. The molecule has 0 radical (unpaired) electrons. The zero-order chi connectivity index (χ0) is 22.1. The van der Waals surface area contributed by atoms with Gasteiger partial charge in [-0.05, 0) is 24.2 Å². The highest BCUT2D eigenvalue weighted by Gasteiger charge is 2.47. The number of rotatable bonds is 6. The number of nitrogens with zero attached hydrogens (tertiary/aromatic N) is 4. The summed E-state index contributed by atoms with van der Waals surface area (Å²) >= 11 is 0. The van der Waals surface area contributed by atoms with Gasteiger partial charge in [0.15, 0.2) is 12.4 Å². The van der Waals surface area contributed by atoms with Crippen LogP contribution in [0.15, 0.2) is 24.7 Å². The van der Waals surface area contributed by atoms with E-state index in [1.165, 1.54) is 6.20 Å². The second kappa shape index (κ2) is 8.07. The van der Waals surface area contributed by atoms with Gasteiger partial charge >= 0.3 is 6.18 Å². The monoisotopic (exact) mass is 421 g/mol. The number of aliphatic hydroxyl groups excluding tert-OH is 1. The smallest absolute Gasteiger partial charge is 0.417 e. The molecule has 1 aliphatic rings. The van der Waals surface area contributed by atoms with Gasteiger partial charge in [-0.2, -0.15) is 23.2 Å². The molecular formula is C20H22F3N5O2. The highest BCUT2D eigenvalue weighted by molar-refractivity contribution is 5.52. The number of nitriles is 1. The van der Waals surface area contributed by atoms with Crippen LogP contribution in [0.4, 0.5) is 19.0 Å². The predicted octanol–water partition coefficient (Wildman–Crippen LogP) is 2.60. The number of halogens is 3. The Morgan fingerprint density at radius 1 is 1.40 bits per heavy atom. The SMILES string of the molecule is CC1(C)[C@@H](CO)C[C@H]1Nc1nc(CCc2c[n+]([O-])ccc2C(F)(F)F)ncc1C#N. The molecule has 2 aromatic rings. The molecule has 3 rings (SSSR count). The van der Waals surface area contributed by atoms with Gasteiger partial charge in [-0.25, -0.2) is 9.97 Å². The standard InChI is InChI=1S/C20H22F3N5O2/c1-19(2)14(11-29)7-16(19)26-18-13(8-24)9-25-17(27-18)4-3-12-10-28(30)6-5-15(12)20(21,22)23/h5-6,9-10,14,16,29H,3-4,7,11H2,1-2H3,(H,25,26,27)/t14-,16-/m1/s1. The average molecular weight is 421 g/mol. The van der Waals surface area contributed by atoms with Crippen LogP contribution in [0.2, 0.25) is 0 Å². The van der Waals surface area contributed by atoms with E-state index in [1.54, 1.807) is 0 Å². The third-order valence-electron chi connectivity index (χ3n) is 5.90. The summed E-state index contributed by atoms with van der Waals surface area (Å²) in [6.07, 6.45) is -0.809. The Balaban J connectivity index is 1.79. The van der Waals surface area contributed by atoms with Crippen LogP contribution in [0.25, 0.3) is 0 Å². The summed E-state index contributed by atoms with van der Waals surface area (Å²) in [6.45, 7) is 4.09. The zero-order valence-electron chi connectivity index (χ0n) is 16.6. The Bertz CT molecular complexity index is 972. The Morgan fingerprint density at radius 3 is 2.73 bits per heavy atom. The van der Waals surface area contributed by atoms with E-state index < -0.39 is 11.7 Å². The maximum atomic E-state index is 13.2. The van der Waals surface area contributed by atoms with Crippen LogP contribution in [0.1, 0.15) is 42.8 Å². The van der Waals surface area contributed by atoms with Gasteiger partial charge in [0.2, 0.25) is 0 Å². The van der Waals surface area contributed by atoms with Crippen molar-refractivity contribution in [2.75, 3.05) is 11.9 Å². The van der Waals surface area contributed by atoms with Gasteiger partial charge in [-0.15, -0.1) is 0 Å². The molecule has 1 fully saturated rings. The van der Waals surface area contributed by atoms with E-state index >= 15 is 0 Å². The number of hydrogen-bond donors (Lipinski definition) is 2. The normalized spacial score (nSPS) is 20.3. The van der Waals surface area contributed by atoms with Crippen molar-refractivity contribution in [1.82, 2.24) is 9.97 Å². The number of anilines is 1. The minimum absolute atomic E-state index is 0.00474. The first-order chi connectivity index (χ1) is 14.1. The number of pyridine rings is 1. The van der Waals surface area contributed by atoms with Crippen LogP contribution in [0.5, 0.6) is 0 Å². The van der Waals surface area contributed by atoms with Crippen molar-refractivity contribution in [3.63, 3.8) is 0 Å². The number of aryl methyl sites for hydroxylation is 2. The lowest BCUT2D eigenvalue weighted by molar-refractivity contribution is -0.606. The van der Waals surface area contributed by atoms with Crippen molar-refractivity contribution in [2.45, 2.75) is 45.3 Å². The first kappa shape index (κ1) is 21.8. The van der Waals surface area contributed by atoms with Crippen molar-refractivity contribution >= 4 is 5.82 Å². The quantitative estimate of drug-likeness (QED) is 0.548. The van der Waals surface area contributed by atoms with Gasteiger partial charge in [0.05, 0.1) is 11.8 Å². The van der Waals surface area contributed by atoms with Gasteiger partial charge in [0.1, 0.15) is 23.3 Å². The molecule has 7 nitrogen and oxygen atoms in total. The molecule has 0 unspecified atom stereocenters. The Morgan fingerprint density at radius 2 is 2.13 bits per heavy atom. The van der Waals surface area contributed by atoms with Crippen LogP contribution in [0.3, 0.4) is 0 Å². The van der Waals surface area contributed by atoms with Crippen molar-refractivity contribution in [3.05, 3.63) is 52.4 Å². The van der Waals surface area contributed by atoms with E-state index in [4.69, 9.17) is 0 Å². The summed E-state index contributed by atoms with van der Waals surface area (Å²) in [6, 6.07) is 2.76. The topological polar surface area (TPSA) is 109 Å². The van der Waals surface area contributed by atoms with E-state index in [0.29, 0.717) is 10.5 Å². The van der Waals surface area contributed by atoms with Crippen LogP contribution in [0, 0.1) is 27.9 Å². The third kappa shape index (κ3) is 4.31. The maximum Gasteiger partial charge on any atom is 0.417 e. The molecule has 160 valence electrons. The second-order valence-electron chi connectivity index (χ2n) is 8.04. The molecule has 1 saturated carbocycles. The molecule has 30 heavy (non-hydrogen) atoms. The molecule has 0 aliphatic heterocycles. The van der Waals surface area contributed by atoms with Crippen LogP contribution < -0.4 is 10.0 Å². The fraction of sp³-hybridized carbons (Fsp3) is 0.500. The maximum absolute atomic E-state index is 13.2. The highest BCUT2D eigenvalue weighted by Crippen LogP contribution is 2.47. The predicted molar refractivity (Wildman–Crippen MR) is 101 cm³/mol. The Kier molecular flexibility index (Phi) is 5.85. The number of nitrogens with one attached hydrogen (secondary N) is 1. The van der Waals surface area contributed by atoms with Gasteiger partial charge in [-0.1, -0.05) is 13.8 Å². The molecule has 2 aromatic heterocycles. The summed E-state index contributed by atoms with van der Waals surface area (Å²) in [7, 11) is 0. The van der Waals surface area contributed by atoms with Crippen molar-refractivity contribution in [2.24, 2.45) is 11.3 Å². The second-order valence-corrected chi connectivity index (χ2v) is 8.04. The van der Waals surface area contributed by atoms with Gasteiger partial charge in [0.25, 0.3) is 0 Å². The van der Waals surface area contributed by atoms with Gasteiger partial charge in [-0.3, -0.25) is 0 Å². The number of alkyl halides is 3. The van der Waals surface area contributed by atoms with E-state index in [0.717, 1.165) is 24.9 Å². The van der Waals surface area contributed by atoms with Gasteiger partial charge < -0.3 is 15.6 Å². The molecule has 2 N–H and O–H groups in total. The summed E-state index contributed by atoms with van der Waals surface area (Å²) < 4.78 is 39.9. The number of hydrogen-bond acceptors (Lipinski definition) is 6. The molecule has 1 aliphatic carbocycles. The third-order valence-corrected chi connectivity index (χ3v) is 5.90. The molecule has 0 aromatic carbocycles. The molecule has 10 heteroatoms. The fourth-order valence-electron chi connectivity index (χ4n) is 3.71. The van der Waals surface area contributed by atoms with Crippen molar-refractivity contribution < 1.29 is 23.0 Å². The van der Waals surface area contributed by atoms with E-state index in [-0.39, 0.29) is 53.8 Å². The molecule has 0 spiro atoms.